The molecule has 0 aromatic heterocycles. The molecule has 1 N–H and O–H groups in total. The molecule has 2 heteroatoms. The maximum atomic E-state index is 5.41. The fourth-order valence-corrected chi connectivity index (χ4v) is 2.42. The summed E-state index contributed by atoms with van der Waals surface area (Å²) < 4.78 is 5.41. The van der Waals surface area contributed by atoms with Crippen LogP contribution in [0.5, 0.6) is 0 Å². The van der Waals surface area contributed by atoms with Gasteiger partial charge in [0.1, 0.15) is 0 Å². The molecule has 90 valence electrons. The first kappa shape index (κ1) is 13.0. The standard InChI is InChI=1S/C13H27NO/c1-4-13(3,11-14-5-2)10-12-6-8-15-9-7-12/h12,14H,4-11H2,1-3H3. The minimum absolute atomic E-state index is 0.484. The summed E-state index contributed by atoms with van der Waals surface area (Å²) in [5.74, 6) is 0.891. The van der Waals surface area contributed by atoms with Crippen LogP contribution in [0.1, 0.15) is 46.5 Å². The third-order valence-corrected chi connectivity index (χ3v) is 3.78. The first-order chi connectivity index (χ1) is 7.20. The molecule has 0 aromatic rings. The van der Waals surface area contributed by atoms with Crippen LogP contribution in [0.3, 0.4) is 0 Å². The van der Waals surface area contributed by atoms with Crippen molar-refractivity contribution in [2.45, 2.75) is 46.5 Å². The highest BCUT2D eigenvalue weighted by Gasteiger charge is 2.27. The molecule has 1 aliphatic rings. The molecule has 1 atom stereocenters. The SMILES string of the molecule is CCNCC(C)(CC)CC1CCOCC1. The second-order valence-electron chi connectivity index (χ2n) is 5.20. The Morgan fingerprint density at radius 1 is 1.27 bits per heavy atom. The van der Waals surface area contributed by atoms with Crippen molar-refractivity contribution in [3.63, 3.8) is 0 Å². The van der Waals surface area contributed by atoms with E-state index in [9.17, 15) is 0 Å². The fraction of sp³-hybridized carbons (Fsp3) is 1.00. The van der Waals surface area contributed by atoms with Crippen molar-refractivity contribution in [3.05, 3.63) is 0 Å². The van der Waals surface area contributed by atoms with Crippen molar-refractivity contribution in [3.8, 4) is 0 Å². The highest BCUT2D eigenvalue weighted by molar-refractivity contribution is 4.79. The Morgan fingerprint density at radius 3 is 2.47 bits per heavy atom. The van der Waals surface area contributed by atoms with E-state index in [0.717, 1.165) is 32.2 Å². The highest BCUT2D eigenvalue weighted by atomic mass is 16.5. The summed E-state index contributed by atoms with van der Waals surface area (Å²) in [6.07, 6.45) is 5.17. The van der Waals surface area contributed by atoms with Crippen LogP contribution in [0.4, 0.5) is 0 Å². The largest absolute Gasteiger partial charge is 0.381 e. The first-order valence-electron chi connectivity index (χ1n) is 6.48. The second kappa shape index (κ2) is 6.49. The van der Waals surface area contributed by atoms with Gasteiger partial charge in [-0.1, -0.05) is 20.8 Å². The van der Waals surface area contributed by atoms with Gasteiger partial charge in [-0.2, -0.15) is 0 Å². The summed E-state index contributed by atoms with van der Waals surface area (Å²) in [5.41, 5.74) is 0.484. The van der Waals surface area contributed by atoms with Gasteiger partial charge in [-0.15, -0.1) is 0 Å². The first-order valence-corrected chi connectivity index (χ1v) is 6.48. The molecule has 2 nitrogen and oxygen atoms in total. The normalized spacial score (nSPS) is 22.6. The number of hydrogen-bond donors (Lipinski definition) is 1. The molecule has 15 heavy (non-hydrogen) atoms. The van der Waals surface area contributed by atoms with Gasteiger partial charge in [0.05, 0.1) is 0 Å². The predicted octanol–water partition coefficient (Wildman–Crippen LogP) is 2.83. The van der Waals surface area contributed by atoms with Gasteiger partial charge in [-0.25, -0.2) is 0 Å². The van der Waals surface area contributed by atoms with Crippen LogP contribution in [-0.4, -0.2) is 26.3 Å². The summed E-state index contributed by atoms with van der Waals surface area (Å²) in [6, 6.07) is 0. The van der Waals surface area contributed by atoms with Crippen molar-refractivity contribution < 1.29 is 4.74 Å². The van der Waals surface area contributed by atoms with Crippen molar-refractivity contribution in [1.29, 1.82) is 0 Å². The van der Waals surface area contributed by atoms with E-state index in [4.69, 9.17) is 4.74 Å². The van der Waals surface area contributed by atoms with Crippen molar-refractivity contribution in [2.24, 2.45) is 11.3 Å². The van der Waals surface area contributed by atoms with Gasteiger partial charge >= 0.3 is 0 Å². The van der Waals surface area contributed by atoms with Crippen LogP contribution in [0.15, 0.2) is 0 Å². The molecular formula is C13H27NO. The number of nitrogens with one attached hydrogen (secondary N) is 1. The van der Waals surface area contributed by atoms with Gasteiger partial charge in [0.15, 0.2) is 0 Å². The van der Waals surface area contributed by atoms with E-state index < -0.39 is 0 Å². The summed E-state index contributed by atoms with van der Waals surface area (Å²) in [5, 5.41) is 3.50. The minimum atomic E-state index is 0.484. The van der Waals surface area contributed by atoms with Crippen LogP contribution in [0.2, 0.25) is 0 Å². The van der Waals surface area contributed by atoms with Crippen molar-refractivity contribution >= 4 is 0 Å². The fourth-order valence-electron chi connectivity index (χ4n) is 2.42. The zero-order valence-electron chi connectivity index (χ0n) is 10.6. The average Bonchev–Trinajstić information content (AvgIpc) is 2.28. The van der Waals surface area contributed by atoms with E-state index in [1.807, 2.05) is 0 Å². The van der Waals surface area contributed by atoms with E-state index in [2.05, 4.69) is 26.1 Å². The zero-order valence-corrected chi connectivity index (χ0v) is 10.6. The molecule has 1 heterocycles. The molecule has 1 aliphatic heterocycles. The van der Waals surface area contributed by atoms with Gasteiger partial charge in [0, 0.05) is 19.8 Å². The van der Waals surface area contributed by atoms with E-state index in [0.29, 0.717) is 5.41 Å². The lowest BCUT2D eigenvalue weighted by Gasteiger charge is -2.34. The Hall–Kier alpha value is -0.0800. The molecule has 0 spiro atoms. The summed E-state index contributed by atoms with van der Waals surface area (Å²) in [4.78, 5) is 0. The third-order valence-electron chi connectivity index (χ3n) is 3.78. The molecule has 0 bridgehead atoms. The van der Waals surface area contributed by atoms with Crippen molar-refractivity contribution in [2.75, 3.05) is 26.3 Å². The molecule has 0 amide bonds. The Labute approximate surface area is 94.8 Å². The smallest absolute Gasteiger partial charge is 0.0468 e. The number of hydrogen-bond acceptors (Lipinski definition) is 2. The van der Waals surface area contributed by atoms with Gasteiger partial charge in [-0.3, -0.25) is 0 Å². The van der Waals surface area contributed by atoms with Gasteiger partial charge < -0.3 is 10.1 Å². The molecule has 0 aliphatic carbocycles. The van der Waals surface area contributed by atoms with E-state index >= 15 is 0 Å². The van der Waals surface area contributed by atoms with Crippen LogP contribution in [-0.2, 0) is 4.74 Å². The molecular weight excluding hydrogens is 186 g/mol. The average molecular weight is 213 g/mol. The number of ether oxygens (including phenoxy) is 1. The topological polar surface area (TPSA) is 21.3 Å². The maximum Gasteiger partial charge on any atom is 0.0468 e. The minimum Gasteiger partial charge on any atom is -0.381 e. The lowest BCUT2D eigenvalue weighted by Crippen LogP contribution is -2.34. The van der Waals surface area contributed by atoms with Crippen LogP contribution in [0, 0.1) is 11.3 Å². The molecule has 1 fully saturated rings. The Morgan fingerprint density at radius 2 is 1.93 bits per heavy atom. The summed E-state index contributed by atoms with van der Waals surface area (Å²) in [7, 11) is 0. The quantitative estimate of drug-likeness (QED) is 0.732. The highest BCUT2D eigenvalue weighted by Crippen LogP contribution is 2.33. The summed E-state index contributed by atoms with van der Waals surface area (Å²) >= 11 is 0. The Balaban J connectivity index is 2.35. The zero-order chi connectivity index (χ0) is 11.1. The molecule has 1 unspecified atom stereocenters. The monoisotopic (exact) mass is 213 g/mol. The predicted molar refractivity (Wildman–Crippen MR) is 65.1 cm³/mol. The Kier molecular flexibility index (Phi) is 5.62. The van der Waals surface area contributed by atoms with Gasteiger partial charge in [0.25, 0.3) is 0 Å². The van der Waals surface area contributed by atoms with Gasteiger partial charge in [-0.05, 0) is 43.6 Å². The molecule has 1 rings (SSSR count). The molecule has 0 saturated carbocycles. The van der Waals surface area contributed by atoms with Crippen LogP contribution < -0.4 is 5.32 Å². The maximum absolute atomic E-state index is 5.41. The second-order valence-corrected chi connectivity index (χ2v) is 5.20. The van der Waals surface area contributed by atoms with Crippen molar-refractivity contribution in [1.82, 2.24) is 5.32 Å². The van der Waals surface area contributed by atoms with E-state index in [-0.39, 0.29) is 0 Å². The van der Waals surface area contributed by atoms with Gasteiger partial charge in [0.2, 0.25) is 0 Å². The van der Waals surface area contributed by atoms with Crippen LogP contribution in [0.25, 0.3) is 0 Å². The van der Waals surface area contributed by atoms with E-state index in [1.54, 1.807) is 0 Å². The Bertz CT molecular complexity index is 166. The summed E-state index contributed by atoms with van der Waals surface area (Å²) in [6.45, 7) is 11.1. The lowest BCUT2D eigenvalue weighted by atomic mass is 9.76. The molecule has 0 aromatic carbocycles. The number of rotatable bonds is 6. The molecule has 0 radical (unpaired) electrons. The third kappa shape index (κ3) is 4.52. The lowest BCUT2D eigenvalue weighted by molar-refractivity contribution is 0.0482. The molecule has 1 saturated heterocycles. The van der Waals surface area contributed by atoms with E-state index in [1.165, 1.54) is 25.7 Å². The van der Waals surface area contributed by atoms with Crippen LogP contribution >= 0.6 is 0 Å².